The summed E-state index contributed by atoms with van der Waals surface area (Å²) in [6, 6.07) is 0. The van der Waals surface area contributed by atoms with Crippen LogP contribution in [0.4, 0.5) is 4.79 Å². The Hall–Kier alpha value is -0.770. The van der Waals surface area contributed by atoms with E-state index in [0.29, 0.717) is 19.0 Å². The topological polar surface area (TPSA) is 49.8 Å². The fourth-order valence-electron chi connectivity index (χ4n) is 3.42. The van der Waals surface area contributed by atoms with Crippen molar-refractivity contribution in [1.29, 1.82) is 0 Å². The summed E-state index contributed by atoms with van der Waals surface area (Å²) in [5.74, 6) is 0.665. The number of nitrogens with zero attached hydrogens (tertiary/aromatic N) is 1. The zero-order valence-electron chi connectivity index (χ0n) is 13.1. The van der Waals surface area contributed by atoms with Crippen molar-refractivity contribution in [3.8, 4) is 0 Å². The normalized spacial score (nSPS) is 26.6. The molecule has 1 aliphatic heterocycles. The third-order valence-electron chi connectivity index (χ3n) is 4.49. The number of carbonyl (C=O) groups excluding carboxylic acids is 1. The standard InChI is InChI=1S/C16H29NO3/c1-16(2,3)20-15(19)17-10-9-13(11-17)14(18)12-7-5-4-6-8-12/h12-14,18H,4-11H2,1-3H3/t13-,14-/m0/s1. The molecule has 0 unspecified atom stereocenters. The number of rotatable bonds is 2. The smallest absolute Gasteiger partial charge is 0.410 e. The van der Waals surface area contributed by atoms with Crippen molar-refractivity contribution in [2.75, 3.05) is 13.1 Å². The third-order valence-corrected chi connectivity index (χ3v) is 4.49. The van der Waals surface area contributed by atoms with Crippen LogP contribution in [-0.4, -0.2) is 40.9 Å². The fourth-order valence-corrected chi connectivity index (χ4v) is 3.42. The Morgan fingerprint density at radius 2 is 1.80 bits per heavy atom. The van der Waals surface area contributed by atoms with Crippen molar-refractivity contribution in [2.45, 2.75) is 71.0 Å². The molecule has 0 radical (unpaired) electrons. The molecule has 116 valence electrons. The minimum atomic E-state index is -0.447. The first-order valence-corrected chi connectivity index (χ1v) is 8.03. The third kappa shape index (κ3) is 4.11. The molecule has 2 atom stereocenters. The number of hydrogen-bond donors (Lipinski definition) is 1. The van der Waals surface area contributed by atoms with Gasteiger partial charge in [0, 0.05) is 19.0 Å². The first kappa shape index (κ1) is 15.6. The summed E-state index contributed by atoms with van der Waals surface area (Å²) in [7, 11) is 0. The van der Waals surface area contributed by atoms with Gasteiger partial charge in [-0.15, -0.1) is 0 Å². The van der Waals surface area contributed by atoms with Gasteiger partial charge in [-0.1, -0.05) is 19.3 Å². The van der Waals surface area contributed by atoms with E-state index in [2.05, 4.69) is 0 Å². The molecule has 1 N–H and O–H groups in total. The largest absolute Gasteiger partial charge is 0.444 e. The van der Waals surface area contributed by atoms with Gasteiger partial charge in [0.2, 0.25) is 0 Å². The Bertz CT molecular complexity index is 331. The molecule has 0 aromatic carbocycles. The van der Waals surface area contributed by atoms with E-state index in [4.69, 9.17) is 4.74 Å². The first-order chi connectivity index (χ1) is 9.37. The van der Waals surface area contributed by atoms with E-state index in [9.17, 15) is 9.90 Å². The Balaban J connectivity index is 1.83. The van der Waals surface area contributed by atoms with Crippen LogP contribution in [0.15, 0.2) is 0 Å². The highest BCUT2D eigenvalue weighted by molar-refractivity contribution is 5.68. The number of hydrogen-bond acceptors (Lipinski definition) is 3. The van der Waals surface area contributed by atoms with Crippen molar-refractivity contribution in [2.24, 2.45) is 11.8 Å². The molecule has 4 nitrogen and oxygen atoms in total. The Morgan fingerprint density at radius 1 is 1.15 bits per heavy atom. The van der Waals surface area contributed by atoms with Crippen LogP contribution in [0, 0.1) is 11.8 Å². The highest BCUT2D eigenvalue weighted by Gasteiger charge is 2.36. The van der Waals surface area contributed by atoms with Gasteiger partial charge in [0.25, 0.3) is 0 Å². The predicted octanol–water partition coefficient (Wildman–Crippen LogP) is 3.18. The molecule has 1 saturated carbocycles. The number of aliphatic hydroxyl groups is 1. The van der Waals surface area contributed by atoms with E-state index in [-0.39, 0.29) is 18.1 Å². The van der Waals surface area contributed by atoms with E-state index in [1.54, 1.807) is 4.90 Å². The quantitative estimate of drug-likeness (QED) is 0.846. The van der Waals surface area contributed by atoms with Crippen LogP contribution < -0.4 is 0 Å². The zero-order valence-corrected chi connectivity index (χ0v) is 13.1. The van der Waals surface area contributed by atoms with Crippen molar-refractivity contribution >= 4 is 6.09 Å². The van der Waals surface area contributed by atoms with Crippen LogP contribution in [-0.2, 0) is 4.74 Å². The molecule has 0 bridgehead atoms. The van der Waals surface area contributed by atoms with Gasteiger partial charge in [0.05, 0.1) is 6.10 Å². The SMILES string of the molecule is CC(C)(C)OC(=O)N1CC[C@H]([C@@H](O)C2CCCCC2)C1. The maximum atomic E-state index is 12.0. The monoisotopic (exact) mass is 283 g/mol. The van der Waals surface area contributed by atoms with Gasteiger partial charge in [-0.3, -0.25) is 0 Å². The summed E-state index contributed by atoms with van der Waals surface area (Å²) in [4.78, 5) is 13.8. The lowest BCUT2D eigenvalue weighted by molar-refractivity contribution is 0.0194. The summed E-state index contributed by atoms with van der Waals surface area (Å²) in [6.45, 7) is 7.01. The lowest BCUT2D eigenvalue weighted by atomic mass is 9.80. The molecule has 0 aromatic heterocycles. The molecule has 2 fully saturated rings. The maximum Gasteiger partial charge on any atom is 0.410 e. The van der Waals surface area contributed by atoms with Gasteiger partial charge in [-0.05, 0) is 46.0 Å². The Kier molecular flexibility index (Phi) is 4.95. The summed E-state index contributed by atoms with van der Waals surface area (Å²) in [6.07, 6.45) is 6.48. The summed E-state index contributed by atoms with van der Waals surface area (Å²) in [5, 5.41) is 10.5. The van der Waals surface area contributed by atoms with Crippen molar-refractivity contribution in [1.82, 2.24) is 4.90 Å². The second kappa shape index (κ2) is 6.33. The number of aliphatic hydroxyl groups excluding tert-OH is 1. The lowest BCUT2D eigenvalue weighted by Crippen LogP contribution is -2.37. The Labute approximate surface area is 122 Å². The summed E-state index contributed by atoms with van der Waals surface area (Å²) < 4.78 is 5.40. The van der Waals surface area contributed by atoms with Crippen molar-refractivity contribution in [3.63, 3.8) is 0 Å². The maximum absolute atomic E-state index is 12.0. The molecule has 2 rings (SSSR count). The van der Waals surface area contributed by atoms with E-state index in [1.165, 1.54) is 19.3 Å². The molecule has 1 heterocycles. The average Bonchev–Trinajstić information content (AvgIpc) is 2.86. The summed E-state index contributed by atoms with van der Waals surface area (Å²) in [5.41, 5.74) is -0.447. The lowest BCUT2D eigenvalue weighted by Gasteiger charge is -2.30. The number of likely N-dealkylation sites (tertiary alicyclic amines) is 1. The zero-order chi connectivity index (χ0) is 14.8. The van der Waals surface area contributed by atoms with Crippen molar-refractivity contribution in [3.05, 3.63) is 0 Å². The number of amides is 1. The van der Waals surface area contributed by atoms with Gasteiger partial charge in [-0.25, -0.2) is 4.79 Å². The molecule has 1 amide bonds. The highest BCUT2D eigenvalue weighted by Crippen LogP contribution is 2.33. The fraction of sp³-hybridized carbons (Fsp3) is 0.938. The molecule has 0 spiro atoms. The van der Waals surface area contributed by atoms with E-state index in [1.807, 2.05) is 20.8 Å². The van der Waals surface area contributed by atoms with Gasteiger partial charge in [-0.2, -0.15) is 0 Å². The van der Waals surface area contributed by atoms with E-state index >= 15 is 0 Å². The number of ether oxygens (including phenoxy) is 1. The van der Waals surface area contributed by atoms with Gasteiger partial charge in [0.1, 0.15) is 5.60 Å². The molecule has 1 saturated heterocycles. The van der Waals surface area contributed by atoms with Crippen LogP contribution in [0.25, 0.3) is 0 Å². The van der Waals surface area contributed by atoms with Crippen LogP contribution >= 0.6 is 0 Å². The minimum Gasteiger partial charge on any atom is -0.444 e. The average molecular weight is 283 g/mol. The number of carbonyl (C=O) groups is 1. The molecule has 4 heteroatoms. The van der Waals surface area contributed by atoms with E-state index < -0.39 is 5.60 Å². The second-order valence-electron chi connectivity index (χ2n) is 7.36. The van der Waals surface area contributed by atoms with Gasteiger partial charge >= 0.3 is 6.09 Å². The first-order valence-electron chi connectivity index (χ1n) is 8.03. The Morgan fingerprint density at radius 3 is 2.40 bits per heavy atom. The molecule has 2 aliphatic rings. The van der Waals surface area contributed by atoms with Crippen LogP contribution in [0.5, 0.6) is 0 Å². The van der Waals surface area contributed by atoms with Crippen LogP contribution in [0.1, 0.15) is 59.3 Å². The molecule has 20 heavy (non-hydrogen) atoms. The van der Waals surface area contributed by atoms with Crippen LogP contribution in [0.2, 0.25) is 0 Å². The molecular weight excluding hydrogens is 254 g/mol. The predicted molar refractivity (Wildman–Crippen MR) is 78.5 cm³/mol. The molecule has 0 aromatic rings. The second-order valence-corrected chi connectivity index (χ2v) is 7.36. The minimum absolute atomic E-state index is 0.227. The molecule has 1 aliphatic carbocycles. The highest BCUT2D eigenvalue weighted by atomic mass is 16.6. The van der Waals surface area contributed by atoms with Gasteiger partial charge in [0.15, 0.2) is 0 Å². The summed E-state index contributed by atoms with van der Waals surface area (Å²) >= 11 is 0. The van der Waals surface area contributed by atoms with Crippen LogP contribution in [0.3, 0.4) is 0 Å². The van der Waals surface area contributed by atoms with Gasteiger partial charge < -0.3 is 14.7 Å². The molecular formula is C16H29NO3. The van der Waals surface area contributed by atoms with E-state index in [0.717, 1.165) is 19.3 Å². The van der Waals surface area contributed by atoms with Crippen molar-refractivity contribution < 1.29 is 14.6 Å².